The molecular formula is C17H27BrN2O. The van der Waals surface area contributed by atoms with Crippen molar-refractivity contribution in [2.45, 2.75) is 45.2 Å². The van der Waals surface area contributed by atoms with E-state index < -0.39 is 0 Å². The summed E-state index contributed by atoms with van der Waals surface area (Å²) < 4.78 is 6.94. The van der Waals surface area contributed by atoms with Gasteiger partial charge in [0.25, 0.3) is 0 Å². The third-order valence-electron chi connectivity index (χ3n) is 4.44. The maximum absolute atomic E-state index is 5.86. The molecule has 0 aromatic heterocycles. The molecule has 0 spiro atoms. The topological polar surface area (TPSA) is 24.5 Å². The summed E-state index contributed by atoms with van der Waals surface area (Å²) in [5.41, 5.74) is 1.29. The van der Waals surface area contributed by atoms with Crippen molar-refractivity contribution in [3.8, 4) is 5.75 Å². The first-order valence-electron chi connectivity index (χ1n) is 7.97. The number of rotatable bonds is 6. The van der Waals surface area contributed by atoms with Gasteiger partial charge in [0, 0.05) is 35.2 Å². The summed E-state index contributed by atoms with van der Waals surface area (Å²) in [5, 5.41) is 3.71. The molecule has 0 amide bonds. The Morgan fingerprint density at radius 3 is 3.05 bits per heavy atom. The Morgan fingerprint density at radius 1 is 1.48 bits per heavy atom. The van der Waals surface area contributed by atoms with Crippen molar-refractivity contribution in [2.75, 3.05) is 26.7 Å². The average Bonchev–Trinajstić information content (AvgIpc) is 2.68. The molecule has 0 bridgehead atoms. The number of hydrogen-bond acceptors (Lipinski definition) is 3. The smallest absolute Gasteiger partial charge is 0.125 e. The first kappa shape index (κ1) is 16.8. The molecule has 2 rings (SSSR count). The lowest BCUT2D eigenvalue weighted by Crippen LogP contribution is -2.36. The normalized spacial score (nSPS) is 19.8. The summed E-state index contributed by atoms with van der Waals surface area (Å²) in [6, 6.07) is 7.42. The minimum absolute atomic E-state index is 0.404. The van der Waals surface area contributed by atoms with Crippen molar-refractivity contribution >= 4 is 15.9 Å². The minimum atomic E-state index is 0.404. The Morgan fingerprint density at radius 2 is 2.29 bits per heavy atom. The fraction of sp³-hybridized carbons (Fsp3) is 0.647. The van der Waals surface area contributed by atoms with Gasteiger partial charge in [0.2, 0.25) is 0 Å². The van der Waals surface area contributed by atoms with Crippen LogP contribution in [0.3, 0.4) is 0 Å². The van der Waals surface area contributed by atoms with E-state index in [1.54, 1.807) is 0 Å². The van der Waals surface area contributed by atoms with Crippen molar-refractivity contribution in [3.63, 3.8) is 0 Å². The fourth-order valence-electron chi connectivity index (χ4n) is 2.71. The van der Waals surface area contributed by atoms with E-state index in [4.69, 9.17) is 4.74 Å². The molecule has 118 valence electrons. The van der Waals surface area contributed by atoms with E-state index >= 15 is 0 Å². The van der Waals surface area contributed by atoms with Gasteiger partial charge in [0.15, 0.2) is 0 Å². The van der Waals surface area contributed by atoms with Gasteiger partial charge in [-0.15, -0.1) is 0 Å². The van der Waals surface area contributed by atoms with Crippen LogP contribution in [0.25, 0.3) is 0 Å². The molecule has 0 saturated carbocycles. The van der Waals surface area contributed by atoms with Gasteiger partial charge in [0.05, 0.1) is 6.61 Å². The van der Waals surface area contributed by atoms with Crippen LogP contribution in [0.5, 0.6) is 5.75 Å². The lowest BCUT2D eigenvalue weighted by atomic mass is 10.0. The molecule has 0 saturated heterocycles. The van der Waals surface area contributed by atoms with Gasteiger partial charge in [0.1, 0.15) is 5.75 Å². The number of nitrogens with zero attached hydrogens (tertiary/aromatic N) is 1. The Hall–Kier alpha value is -0.580. The molecule has 1 aromatic rings. The summed E-state index contributed by atoms with van der Waals surface area (Å²) in [7, 11) is 2.21. The van der Waals surface area contributed by atoms with Gasteiger partial charge >= 0.3 is 0 Å². The molecule has 1 aliphatic rings. The predicted molar refractivity (Wildman–Crippen MR) is 92.0 cm³/mol. The maximum Gasteiger partial charge on any atom is 0.125 e. The number of fused-ring (bicyclic) bond motifs is 1. The van der Waals surface area contributed by atoms with Crippen LogP contribution in [0.4, 0.5) is 0 Å². The first-order chi connectivity index (χ1) is 10.1. The number of ether oxygens (including phenoxy) is 1. The second kappa shape index (κ2) is 8.16. The fourth-order valence-corrected chi connectivity index (χ4v) is 3.05. The van der Waals surface area contributed by atoms with Gasteiger partial charge < -0.3 is 15.0 Å². The van der Waals surface area contributed by atoms with E-state index in [1.165, 1.54) is 12.0 Å². The van der Waals surface area contributed by atoms with Crippen molar-refractivity contribution in [1.82, 2.24) is 10.2 Å². The number of hydrogen-bond donors (Lipinski definition) is 1. The third-order valence-corrected chi connectivity index (χ3v) is 4.94. The van der Waals surface area contributed by atoms with Gasteiger partial charge in [-0.05, 0) is 45.4 Å². The van der Waals surface area contributed by atoms with E-state index in [0.29, 0.717) is 12.1 Å². The van der Waals surface area contributed by atoms with E-state index in [9.17, 15) is 0 Å². The molecule has 2 unspecified atom stereocenters. The van der Waals surface area contributed by atoms with Gasteiger partial charge in [-0.25, -0.2) is 0 Å². The van der Waals surface area contributed by atoms with Gasteiger partial charge in [-0.2, -0.15) is 0 Å². The Labute approximate surface area is 137 Å². The molecule has 0 radical (unpaired) electrons. The minimum Gasteiger partial charge on any atom is -0.493 e. The van der Waals surface area contributed by atoms with Crippen molar-refractivity contribution in [1.29, 1.82) is 0 Å². The van der Waals surface area contributed by atoms with Crippen molar-refractivity contribution in [3.05, 3.63) is 28.2 Å². The Bertz CT molecular complexity index is 452. The van der Waals surface area contributed by atoms with E-state index in [1.807, 2.05) is 0 Å². The van der Waals surface area contributed by atoms with E-state index in [2.05, 4.69) is 65.2 Å². The predicted octanol–water partition coefficient (Wildman–Crippen LogP) is 3.98. The third kappa shape index (κ3) is 4.70. The SMILES string of the molecule is CCC(C)N(C)CCNC1CCCOc2cc(Br)ccc21. The highest BCUT2D eigenvalue weighted by Gasteiger charge is 2.19. The molecule has 1 aliphatic heterocycles. The molecule has 0 aliphatic carbocycles. The van der Waals surface area contributed by atoms with E-state index in [0.717, 1.165) is 42.8 Å². The molecule has 0 fully saturated rings. The molecule has 3 nitrogen and oxygen atoms in total. The zero-order chi connectivity index (χ0) is 15.2. The van der Waals surface area contributed by atoms with Crippen LogP contribution in [0, 0.1) is 0 Å². The van der Waals surface area contributed by atoms with Gasteiger partial charge in [-0.3, -0.25) is 0 Å². The maximum atomic E-state index is 5.86. The largest absolute Gasteiger partial charge is 0.493 e. The Kier molecular flexibility index (Phi) is 6.52. The van der Waals surface area contributed by atoms with Crippen LogP contribution in [0.15, 0.2) is 22.7 Å². The van der Waals surface area contributed by atoms with Crippen LogP contribution in [0.1, 0.15) is 44.7 Å². The highest BCUT2D eigenvalue weighted by molar-refractivity contribution is 9.10. The van der Waals surface area contributed by atoms with E-state index in [-0.39, 0.29) is 0 Å². The van der Waals surface area contributed by atoms with Crippen LogP contribution in [0.2, 0.25) is 0 Å². The molecular weight excluding hydrogens is 328 g/mol. The first-order valence-corrected chi connectivity index (χ1v) is 8.77. The van der Waals surface area contributed by atoms with Gasteiger partial charge in [-0.1, -0.05) is 28.9 Å². The highest BCUT2D eigenvalue weighted by atomic mass is 79.9. The number of benzene rings is 1. The quantitative estimate of drug-likeness (QED) is 0.835. The van der Waals surface area contributed by atoms with Crippen LogP contribution in [-0.4, -0.2) is 37.7 Å². The van der Waals surface area contributed by atoms with Crippen LogP contribution in [-0.2, 0) is 0 Å². The summed E-state index contributed by atoms with van der Waals surface area (Å²) in [6.07, 6.45) is 3.44. The highest BCUT2D eigenvalue weighted by Crippen LogP contribution is 2.33. The number of nitrogens with one attached hydrogen (secondary N) is 1. The monoisotopic (exact) mass is 354 g/mol. The molecule has 4 heteroatoms. The zero-order valence-corrected chi connectivity index (χ0v) is 14.9. The molecule has 2 atom stereocenters. The lowest BCUT2D eigenvalue weighted by molar-refractivity contribution is 0.247. The molecule has 21 heavy (non-hydrogen) atoms. The second-order valence-electron chi connectivity index (χ2n) is 5.92. The Balaban J connectivity index is 1.94. The summed E-state index contributed by atoms with van der Waals surface area (Å²) in [4.78, 5) is 2.42. The standard InChI is InChI=1S/C17H27BrN2O/c1-4-13(2)20(3)10-9-19-16-6-5-11-21-17-12-14(18)7-8-15(16)17/h7-8,12-13,16,19H,4-6,9-11H2,1-3H3. The zero-order valence-electron chi connectivity index (χ0n) is 13.4. The molecule has 1 N–H and O–H groups in total. The lowest BCUT2D eigenvalue weighted by Gasteiger charge is -2.25. The summed E-state index contributed by atoms with van der Waals surface area (Å²) in [5.74, 6) is 1.02. The van der Waals surface area contributed by atoms with Crippen LogP contribution < -0.4 is 10.1 Å². The number of halogens is 1. The number of likely N-dealkylation sites (N-methyl/N-ethyl adjacent to an activating group) is 1. The molecule has 1 aromatic carbocycles. The van der Waals surface area contributed by atoms with Crippen LogP contribution >= 0.6 is 15.9 Å². The second-order valence-corrected chi connectivity index (χ2v) is 6.83. The summed E-state index contributed by atoms with van der Waals surface area (Å²) in [6.45, 7) is 7.44. The average molecular weight is 355 g/mol. The van der Waals surface area contributed by atoms with Crippen molar-refractivity contribution < 1.29 is 4.74 Å². The molecule has 1 heterocycles. The van der Waals surface area contributed by atoms with Crippen molar-refractivity contribution in [2.24, 2.45) is 0 Å². The summed E-state index contributed by atoms with van der Waals surface area (Å²) >= 11 is 3.52.